The SMILES string of the molecule is O=C(COc1ccc(Cl)c(F)c1)NC12CC(C1)[C@@H](NC(=O)C1CNC3SCCC3C1)C2. The first-order valence-electron chi connectivity index (χ1n) is 10.9. The number of fused-ring (bicyclic) bond motifs is 2. The smallest absolute Gasteiger partial charge is 0.258 e. The minimum atomic E-state index is -0.579. The number of piperidine rings is 1. The summed E-state index contributed by atoms with van der Waals surface area (Å²) in [6.45, 7) is 0.570. The van der Waals surface area contributed by atoms with Gasteiger partial charge < -0.3 is 20.7 Å². The van der Waals surface area contributed by atoms with Crippen LogP contribution in [0, 0.1) is 23.6 Å². The molecule has 0 aromatic heterocycles. The molecule has 3 unspecified atom stereocenters. The highest BCUT2D eigenvalue weighted by Gasteiger charge is 2.57. The number of thioether (sulfide) groups is 1. The van der Waals surface area contributed by atoms with Gasteiger partial charge >= 0.3 is 0 Å². The number of carbonyl (C=O) groups is 2. The fraction of sp³-hybridized carbons (Fsp3) is 0.636. The van der Waals surface area contributed by atoms with Crippen LogP contribution in [-0.2, 0) is 9.59 Å². The van der Waals surface area contributed by atoms with E-state index in [0.29, 0.717) is 17.2 Å². The molecular formula is C22H27ClFN3O3S. The van der Waals surface area contributed by atoms with Crippen molar-refractivity contribution in [2.45, 2.75) is 49.1 Å². The number of benzene rings is 1. The molecule has 2 aliphatic heterocycles. The molecule has 31 heavy (non-hydrogen) atoms. The fourth-order valence-corrected chi connectivity index (χ4v) is 7.20. The molecule has 9 heteroatoms. The molecule has 2 amide bonds. The zero-order valence-corrected chi connectivity index (χ0v) is 18.7. The Morgan fingerprint density at radius 1 is 1.29 bits per heavy atom. The molecule has 0 spiro atoms. The second kappa shape index (κ2) is 8.45. The molecule has 6 rings (SSSR count). The maximum atomic E-state index is 13.5. The maximum absolute atomic E-state index is 13.5. The predicted molar refractivity (Wildman–Crippen MR) is 118 cm³/mol. The fourth-order valence-electron chi connectivity index (χ4n) is 5.66. The van der Waals surface area contributed by atoms with Crippen molar-refractivity contribution >= 4 is 35.2 Å². The van der Waals surface area contributed by atoms with E-state index in [0.717, 1.165) is 32.2 Å². The Labute approximate surface area is 190 Å². The Hall–Kier alpha value is -1.51. The van der Waals surface area contributed by atoms with Crippen molar-refractivity contribution in [3.63, 3.8) is 0 Å². The summed E-state index contributed by atoms with van der Waals surface area (Å²) in [5, 5.41) is 10.4. The Morgan fingerprint density at radius 2 is 2.13 bits per heavy atom. The van der Waals surface area contributed by atoms with E-state index in [4.69, 9.17) is 16.3 Å². The van der Waals surface area contributed by atoms with Gasteiger partial charge in [0.25, 0.3) is 5.91 Å². The molecule has 1 aromatic carbocycles. The minimum Gasteiger partial charge on any atom is -0.484 e. The van der Waals surface area contributed by atoms with Gasteiger partial charge in [-0.25, -0.2) is 4.39 Å². The normalized spacial score (nSPS) is 35.7. The van der Waals surface area contributed by atoms with Crippen LogP contribution in [-0.4, -0.2) is 47.7 Å². The summed E-state index contributed by atoms with van der Waals surface area (Å²) in [6.07, 6.45) is 4.68. The lowest BCUT2D eigenvalue weighted by atomic mass is 9.76. The molecular weight excluding hydrogens is 441 g/mol. The van der Waals surface area contributed by atoms with Gasteiger partial charge in [-0.15, -0.1) is 11.8 Å². The highest BCUT2D eigenvalue weighted by molar-refractivity contribution is 8.00. The topological polar surface area (TPSA) is 79.5 Å². The van der Waals surface area contributed by atoms with E-state index in [1.54, 1.807) is 0 Å². The maximum Gasteiger partial charge on any atom is 0.258 e. The molecule has 0 radical (unpaired) electrons. The van der Waals surface area contributed by atoms with Gasteiger partial charge in [0.15, 0.2) is 6.61 Å². The van der Waals surface area contributed by atoms with Crippen LogP contribution in [0.4, 0.5) is 4.39 Å². The molecule has 3 aliphatic carbocycles. The van der Waals surface area contributed by atoms with Gasteiger partial charge in [0.2, 0.25) is 5.91 Å². The predicted octanol–water partition coefficient (Wildman–Crippen LogP) is 2.70. The van der Waals surface area contributed by atoms with Gasteiger partial charge in [-0.1, -0.05) is 11.6 Å². The van der Waals surface area contributed by atoms with Crippen molar-refractivity contribution in [2.75, 3.05) is 18.9 Å². The Bertz CT molecular complexity index is 882. The summed E-state index contributed by atoms with van der Waals surface area (Å²) < 4.78 is 18.9. The summed E-state index contributed by atoms with van der Waals surface area (Å²) in [6, 6.07) is 4.22. The van der Waals surface area contributed by atoms with E-state index in [2.05, 4.69) is 16.0 Å². The van der Waals surface area contributed by atoms with Gasteiger partial charge in [-0.05, 0) is 61.8 Å². The second-order valence-electron chi connectivity index (χ2n) is 9.36. The monoisotopic (exact) mass is 467 g/mol. The zero-order valence-electron chi connectivity index (χ0n) is 17.2. The van der Waals surface area contributed by atoms with Crippen molar-refractivity contribution in [3.8, 4) is 5.75 Å². The van der Waals surface area contributed by atoms with Gasteiger partial charge in [0, 0.05) is 24.2 Å². The van der Waals surface area contributed by atoms with Crippen LogP contribution in [0.25, 0.3) is 0 Å². The van der Waals surface area contributed by atoms with Crippen LogP contribution in [0.2, 0.25) is 5.02 Å². The van der Waals surface area contributed by atoms with Crippen molar-refractivity contribution in [3.05, 3.63) is 29.0 Å². The van der Waals surface area contributed by atoms with Gasteiger partial charge in [-0.2, -0.15) is 0 Å². The quantitative estimate of drug-likeness (QED) is 0.599. The molecule has 5 aliphatic rings. The van der Waals surface area contributed by atoms with E-state index in [-0.39, 0.29) is 46.7 Å². The summed E-state index contributed by atoms with van der Waals surface area (Å²) >= 11 is 7.63. The number of hydrogen-bond acceptors (Lipinski definition) is 5. The third-order valence-corrected chi connectivity index (χ3v) is 8.91. The summed E-state index contributed by atoms with van der Waals surface area (Å²) in [5.74, 6) is 1.84. The zero-order chi connectivity index (χ0) is 21.6. The van der Waals surface area contributed by atoms with Crippen molar-refractivity contribution in [1.29, 1.82) is 0 Å². The van der Waals surface area contributed by atoms with Gasteiger partial charge in [-0.3, -0.25) is 9.59 Å². The number of amides is 2. The summed E-state index contributed by atoms with van der Waals surface area (Å²) in [7, 11) is 0. The molecule has 2 bridgehead atoms. The third-order valence-electron chi connectivity index (χ3n) is 7.22. The van der Waals surface area contributed by atoms with Gasteiger partial charge in [0.1, 0.15) is 11.6 Å². The van der Waals surface area contributed by atoms with E-state index >= 15 is 0 Å². The molecule has 1 aromatic rings. The van der Waals surface area contributed by atoms with Crippen LogP contribution in [0.5, 0.6) is 5.75 Å². The number of halogens is 2. The molecule has 4 atom stereocenters. The summed E-state index contributed by atoms with van der Waals surface area (Å²) in [5.41, 5.74) is -0.258. The van der Waals surface area contributed by atoms with Crippen LogP contribution in [0.3, 0.4) is 0 Å². The number of rotatable bonds is 6. The number of ether oxygens (including phenoxy) is 1. The highest BCUT2D eigenvalue weighted by Crippen LogP contribution is 2.52. The van der Waals surface area contributed by atoms with Crippen molar-refractivity contribution in [2.24, 2.45) is 17.8 Å². The first kappa shape index (κ1) is 21.3. The average Bonchev–Trinajstić information content (AvgIpc) is 3.40. The molecule has 5 fully saturated rings. The molecule has 2 saturated heterocycles. The second-order valence-corrected chi connectivity index (χ2v) is 11.0. The van der Waals surface area contributed by atoms with E-state index in [1.165, 1.54) is 30.4 Å². The molecule has 3 saturated carbocycles. The van der Waals surface area contributed by atoms with Crippen LogP contribution >= 0.6 is 23.4 Å². The van der Waals surface area contributed by atoms with Crippen molar-refractivity contribution < 1.29 is 18.7 Å². The molecule has 6 nitrogen and oxygen atoms in total. The third kappa shape index (κ3) is 4.39. The van der Waals surface area contributed by atoms with Gasteiger partial charge in [0.05, 0.1) is 16.3 Å². The van der Waals surface area contributed by atoms with Crippen LogP contribution in [0.1, 0.15) is 32.1 Å². The van der Waals surface area contributed by atoms with E-state index in [9.17, 15) is 14.0 Å². The standard InChI is InChI=1S/C22H27ClFN3O3S/c23-16-2-1-15(6-17(16)24)30-11-19(28)27-22-7-14(8-22)18(9-22)26-20(29)13-5-12-3-4-31-21(12)25-10-13/h1-2,6,12-14,18,21,25H,3-5,7-11H2,(H,26,29)(H,27,28)/t12?,13?,14?,18-,21?,22?/m0/s1. The van der Waals surface area contributed by atoms with Crippen molar-refractivity contribution in [1.82, 2.24) is 16.0 Å². The number of nitrogens with one attached hydrogen (secondary N) is 3. The minimum absolute atomic E-state index is 0.0150. The number of hydrogen-bond donors (Lipinski definition) is 3. The number of carbonyl (C=O) groups excluding carboxylic acids is 2. The molecule has 168 valence electrons. The Kier molecular flexibility index (Phi) is 5.81. The molecule has 3 N–H and O–H groups in total. The van der Waals surface area contributed by atoms with Crippen LogP contribution < -0.4 is 20.7 Å². The molecule has 2 heterocycles. The van der Waals surface area contributed by atoms with E-state index < -0.39 is 5.82 Å². The lowest BCUT2D eigenvalue weighted by Crippen LogP contribution is -2.53. The Morgan fingerprint density at radius 3 is 2.94 bits per heavy atom. The Balaban J connectivity index is 1.08. The average molecular weight is 468 g/mol. The lowest BCUT2D eigenvalue weighted by Gasteiger charge is -2.39. The first-order chi connectivity index (χ1) is 14.9. The van der Waals surface area contributed by atoms with E-state index in [1.807, 2.05) is 11.8 Å². The van der Waals surface area contributed by atoms with Crippen LogP contribution in [0.15, 0.2) is 18.2 Å². The highest BCUT2D eigenvalue weighted by atomic mass is 35.5. The summed E-state index contributed by atoms with van der Waals surface area (Å²) in [4.78, 5) is 25.2. The largest absolute Gasteiger partial charge is 0.484 e. The lowest BCUT2D eigenvalue weighted by molar-refractivity contribution is -0.127. The first-order valence-corrected chi connectivity index (χ1v) is 12.4.